The zero-order valence-corrected chi connectivity index (χ0v) is 12.6. The molecule has 116 valence electrons. The number of aryl methyl sites for hydroxylation is 1. The van der Waals surface area contributed by atoms with E-state index in [2.05, 4.69) is 0 Å². The molecule has 1 unspecified atom stereocenters. The summed E-state index contributed by atoms with van der Waals surface area (Å²) in [5.74, 6) is 0. The van der Waals surface area contributed by atoms with E-state index in [0.29, 0.717) is 5.69 Å². The average molecular weight is 320 g/mol. The highest BCUT2D eigenvalue weighted by molar-refractivity contribution is 7.81. The minimum absolute atomic E-state index is 0.0479. The molecular weight excluding hydrogens is 306 g/mol. The Hall–Kier alpha value is -2.45. The molecule has 8 heteroatoms. The van der Waals surface area contributed by atoms with Crippen LogP contribution in [0.25, 0.3) is 0 Å². The molecule has 0 fully saturated rings. The first-order valence-corrected chi connectivity index (χ1v) is 7.49. The van der Waals surface area contributed by atoms with Crippen molar-refractivity contribution in [2.45, 2.75) is 13.3 Å². The highest BCUT2D eigenvalue weighted by Crippen LogP contribution is 2.34. The maximum atomic E-state index is 11.6. The maximum absolute atomic E-state index is 11.6. The molecule has 0 radical (unpaired) electrons. The summed E-state index contributed by atoms with van der Waals surface area (Å²) in [6.45, 7) is 1.98. The van der Waals surface area contributed by atoms with Crippen LogP contribution in [0.5, 0.6) is 0 Å². The van der Waals surface area contributed by atoms with Gasteiger partial charge in [0.1, 0.15) is 0 Å². The van der Waals surface area contributed by atoms with Crippen molar-refractivity contribution in [3.63, 3.8) is 0 Å². The van der Waals surface area contributed by atoms with E-state index in [1.54, 1.807) is 24.3 Å². The summed E-state index contributed by atoms with van der Waals surface area (Å²) < 4.78 is 24.1. The van der Waals surface area contributed by atoms with Crippen LogP contribution in [0.4, 0.5) is 22.7 Å². The van der Waals surface area contributed by atoms with Gasteiger partial charge in [-0.05, 0) is 30.2 Å². The molecule has 0 spiro atoms. The van der Waals surface area contributed by atoms with Crippen LogP contribution in [-0.4, -0.2) is 13.7 Å². The molecule has 0 aliphatic carbocycles. The summed E-state index contributed by atoms with van der Waals surface area (Å²) in [4.78, 5) is 10.3. The number of nitrogens with two attached hydrogens (primary N) is 1. The van der Waals surface area contributed by atoms with Gasteiger partial charge in [0, 0.05) is 12.1 Å². The van der Waals surface area contributed by atoms with E-state index in [1.165, 1.54) is 12.1 Å². The molecule has 2 aromatic rings. The largest absolute Gasteiger partial charge is 0.755 e. The van der Waals surface area contributed by atoms with E-state index in [1.807, 2.05) is 6.92 Å². The maximum Gasteiger partial charge on any atom is 0.271 e. The monoisotopic (exact) mass is 320 g/mol. The van der Waals surface area contributed by atoms with Crippen molar-refractivity contribution in [3.8, 4) is 0 Å². The van der Waals surface area contributed by atoms with Crippen molar-refractivity contribution >= 4 is 34.0 Å². The van der Waals surface area contributed by atoms with Crippen LogP contribution in [0, 0.1) is 10.1 Å². The van der Waals surface area contributed by atoms with Crippen molar-refractivity contribution in [3.05, 3.63) is 58.1 Å². The molecule has 0 aromatic heterocycles. The van der Waals surface area contributed by atoms with Gasteiger partial charge in [0.2, 0.25) is 0 Å². The minimum Gasteiger partial charge on any atom is -0.755 e. The molecule has 2 aromatic carbocycles. The highest BCUT2D eigenvalue weighted by atomic mass is 32.2. The van der Waals surface area contributed by atoms with E-state index in [0.717, 1.165) is 22.4 Å². The summed E-state index contributed by atoms with van der Waals surface area (Å²) in [7, 11) is 0. The molecule has 0 saturated carbocycles. The van der Waals surface area contributed by atoms with Gasteiger partial charge in [-0.15, -0.1) is 0 Å². The molecule has 22 heavy (non-hydrogen) atoms. The lowest BCUT2D eigenvalue weighted by Crippen LogP contribution is -2.20. The third-order valence-electron chi connectivity index (χ3n) is 3.17. The Bertz CT molecular complexity index is 719. The number of nitrogens with zero attached hydrogens (tertiary/aromatic N) is 2. The molecule has 0 aliphatic heterocycles. The molecular formula is C14H14N3O4S-. The normalized spacial score (nSPS) is 11.9. The second kappa shape index (κ2) is 6.54. The Kier molecular flexibility index (Phi) is 4.74. The summed E-state index contributed by atoms with van der Waals surface area (Å²) in [5, 5.41) is 10.9. The Morgan fingerprint density at radius 2 is 1.86 bits per heavy atom. The minimum atomic E-state index is -2.66. The first-order valence-electron chi connectivity index (χ1n) is 6.46. The van der Waals surface area contributed by atoms with E-state index >= 15 is 0 Å². The first kappa shape index (κ1) is 15.9. The third kappa shape index (κ3) is 3.23. The molecule has 2 rings (SSSR count). The van der Waals surface area contributed by atoms with Gasteiger partial charge in [0.25, 0.3) is 5.69 Å². The van der Waals surface area contributed by atoms with Gasteiger partial charge >= 0.3 is 0 Å². The number of non-ortho nitro benzene ring substituents is 1. The summed E-state index contributed by atoms with van der Waals surface area (Å²) in [6.07, 6.45) is 0.819. The Morgan fingerprint density at radius 3 is 2.36 bits per heavy atom. The van der Waals surface area contributed by atoms with Crippen LogP contribution >= 0.6 is 0 Å². The molecule has 0 saturated heterocycles. The standard InChI is InChI=1S/C14H15N3O4S/c1-2-10-3-5-11(6-4-10)16(22(20)21)14-9-12(17(18)19)7-8-13(14)15/h3-9H,2,15H2,1H3,(H,20,21)/p-1. The number of nitro groups is 1. The number of benzene rings is 2. The lowest BCUT2D eigenvalue weighted by Gasteiger charge is -2.27. The fourth-order valence-corrected chi connectivity index (χ4v) is 2.61. The van der Waals surface area contributed by atoms with E-state index in [4.69, 9.17) is 5.73 Å². The van der Waals surface area contributed by atoms with Gasteiger partial charge in [-0.3, -0.25) is 18.6 Å². The predicted molar refractivity (Wildman–Crippen MR) is 84.4 cm³/mol. The number of anilines is 3. The lowest BCUT2D eigenvalue weighted by atomic mass is 10.1. The highest BCUT2D eigenvalue weighted by Gasteiger charge is 2.17. The number of rotatable bonds is 5. The van der Waals surface area contributed by atoms with Gasteiger partial charge in [-0.1, -0.05) is 19.1 Å². The van der Waals surface area contributed by atoms with Crippen molar-refractivity contribution in [1.29, 1.82) is 0 Å². The fourth-order valence-electron chi connectivity index (χ4n) is 1.99. The van der Waals surface area contributed by atoms with E-state index in [-0.39, 0.29) is 17.1 Å². The Morgan fingerprint density at radius 1 is 1.23 bits per heavy atom. The van der Waals surface area contributed by atoms with Gasteiger partial charge in [0.15, 0.2) is 0 Å². The smallest absolute Gasteiger partial charge is 0.271 e. The number of hydrogen-bond donors (Lipinski definition) is 1. The summed E-state index contributed by atoms with van der Waals surface area (Å²) in [5.41, 5.74) is 7.14. The summed E-state index contributed by atoms with van der Waals surface area (Å²) in [6, 6.07) is 10.5. The Labute approximate surface area is 129 Å². The van der Waals surface area contributed by atoms with Crippen LogP contribution < -0.4 is 10.0 Å². The lowest BCUT2D eigenvalue weighted by molar-refractivity contribution is -0.384. The quantitative estimate of drug-likeness (QED) is 0.394. The topological polar surface area (TPSA) is 113 Å². The first-order chi connectivity index (χ1) is 10.4. The number of nitrogen functional groups attached to an aromatic ring is 1. The predicted octanol–water partition coefficient (Wildman–Crippen LogP) is 2.67. The van der Waals surface area contributed by atoms with Crippen molar-refractivity contribution in [2.24, 2.45) is 0 Å². The van der Waals surface area contributed by atoms with E-state index in [9.17, 15) is 18.9 Å². The zero-order chi connectivity index (χ0) is 16.3. The SMILES string of the molecule is CCc1ccc(N(c2cc([N+](=O)[O-])ccc2N)S(=O)[O-])cc1. The molecule has 7 nitrogen and oxygen atoms in total. The van der Waals surface area contributed by atoms with Crippen LogP contribution in [0.1, 0.15) is 12.5 Å². The molecule has 0 amide bonds. The van der Waals surface area contributed by atoms with Crippen molar-refractivity contribution < 1.29 is 13.7 Å². The third-order valence-corrected chi connectivity index (χ3v) is 3.88. The Balaban J connectivity index is 2.54. The van der Waals surface area contributed by atoms with Crippen molar-refractivity contribution in [1.82, 2.24) is 0 Å². The van der Waals surface area contributed by atoms with Crippen LogP contribution in [0.15, 0.2) is 42.5 Å². The molecule has 0 bridgehead atoms. The van der Waals surface area contributed by atoms with Crippen molar-refractivity contribution in [2.75, 3.05) is 10.0 Å². The van der Waals surface area contributed by atoms with Crippen LogP contribution in [0.2, 0.25) is 0 Å². The number of hydrogen-bond acceptors (Lipinski definition) is 5. The summed E-state index contributed by atoms with van der Waals surface area (Å²) >= 11 is -2.66. The van der Waals surface area contributed by atoms with Gasteiger partial charge in [-0.25, -0.2) is 0 Å². The van der Waals surface area contributed by atoms with Crippen LogP contribution in [0.3, 0.4) is 0 Å². The average Bonchev–Trinajstić information content (AvgIpc) is 2.49. The number of nitro benzene ring substituents is 1. The second-order valence-electron chi connectivity index (χ2n) is 4.53. The molecule has 0 heterocycles. The fraction of sp³-hybridized carbons (Fsp3) is 0.143. The molecule has 2 N–H and O–H groups in total. The van der Waals surface area contributed by atoms with Crippen LogP contribution in [-0.2, 0) is 17.7 Å². The van der Waals surface area contributed by atoms with Gasteiger partial charge in [0.05, 0.1) is 33.3 Å². The molecule has 1 atom stereocenters. The van der Waals surface area contributed by atoms with E-state index < -0.39 is 16.2 Å². The second-order valence-corrected chi connectivity index (χ2v) is 5.33. The molecule has 0 aliphatic rings. The zero-order valence-electron chi connectivity index (χ0n) is 11.8. The van der Waals surface area contributed by atoms with Gasteiger partial charge in [-0.2, -0.15) is 0 Å². The van der Waals surface area contributed by atoms with Gasteiger partial charge < -0.3 is 10.3 Å².